The minimum atomic E-state index is -0.625. The molecule has 0 unspecified atom stereocenters. The molecule has 0 bridgehead atoms. The van der Waals surface area contributed by atoms with Gasteiger partial charge in [-0.05, 0) is 54.4 Å². The molecule has 1 aliphatic heterocycles. The van der Waals surface area contributed by atoms with Gasteiger partial charge in [0.2, 0.25) is 0 Å². The van der Waals surface area contributed by atoms with E-state index in [0.717, 1.165) is 12.0 Å². The Labute approximate surface area is 195 Å². The third-order valence-electron chi connectivity index (χ3n) is 5.20. The average Bonchev–Trinajstić information content (AvgIpc) is 2.77. The van der Waals surface area contributed by atoms with Gasteiger partial charge >= 0.3 is 6.03 Å². The number of rotatable bonds is 5. The number of hydrogen-bond donors (Lipinski definition) is 1. The van der Waals surface area contributed by atoms with Gasteiger partial charge in [0, 0.05) is 30.3 Å². The van der Waals surface area contributed by atoms with Gasteiger partial charge in [0.05, 0.1) is 16.3 Å². The molecule has 4 rings (SSSR count). The summed E-state index contributed by atoms with van der Waals surface area (Å²) < 4.78 is 14.0. The Kier molecular flexibility index (Phi) is 6.63. The molecule has 3 amide bonds. The largest absolute Gasteiger partial charge is 0.324 e. The molecule has 32 heavy (non-hydrogen) atoms. The second-order valence-corrected chi connectivity index (χ2v) is 8.28. The molecule has 1 fully saturated rings. The van der Waals surface area contributed by atoms with Crippen molar-refractivity contribution in [1.29, 1.82) is 0 Å². The highest BCUT2D eigenvalue weighted by atomic mass is 35.5. The average molecular weight is 472 g/mol. The van der Waals surface area contributed by atoms with E-state index in [2.05, 4.69) is 5.32 Å². The highest BCUT2D eigenvalue weighted by Crippen LogP contribution is 2.30. The first kappa shape index (κ1) is 22.1. The van der Waals surface area contributed by atoms with Crippen LogP contribution >= 0.6 is 23.2 Å². The summed E-state index contributed by atoms with van der Waals surface area (Å²) in [6, 6.07) is 17.9. The van der Waals surface area contributed by atoms with Crippen LogP contribution in [0.5, 0.6) is 0 Å². The SMILES string of the molecule is O=C(Nc1cc(N2CCCN(Cc3cccc(Cl)c3)C2=O)ccc1Cl)c1ccccc1F. The minimum Gasteiger partial charge on any atom is -0.320 e. The molecule has 1 aliphatic rings. The van der Waals surface area contributed by atoms with E-state index >= 15 is 0 Å². The number of hydrogen-bond acceptors (Lipinski definition) is 2. The van der Waals surface area contributed by atoms with E-state index in [1.807, 2.05) is 18.2 Å². The fraction of sp³-hybridized carbons (Fsp3) is 0.167. The van der Waals surface area contributed by atoms with Gasteiger partial charge in [-0.2, -0.15) is 0 Å². The molecular formula is C24H20Cl2FN3O2. The molecule has 0 aliphatic carbocycles. The molecule has 1 N–H and O–H groups in total. The monoisotopic (exact) mass is 471 g/mol. The van der Waals surface area contributed by atoms with Gasteiger partial charge in [0.25, 0.3) is 5.91 Å². The maximum absolute atomic E-state index is 14.0. The Bertz CT molecular complexity index is 1170. The van der Waals surface area contributed by atoms with E-state index in [-0.39, 0.29) is 11.6 Å². The lowest BCUT2D eigenvalue weighted by Gasteiger charge is -2.36. The Morgan fingerprint density at radius 3 is 2.59 bits per heavy atom. The molecule has 164 valence electrons. The standard InChI is InChI=1S/C24H20Cl2FN3O2/c25-17-6-3-5-16(13-17)15-29-11-4-12-30(24(29)32)18-9-10-20(26)22(14-18)28-23(31)19-7-1-2-8-21(19)27/h1-3,5-10,13-14H,4,11-12,15H2,(H,28,31). The zero-order valence-corrected chi connectivity index (χ0v) is 18.5. The summed E-state index contributed by atoms with van der Waals surface area (Å²) in [6.45, 7) is 1.61. The van der Waals surface area contributed by atoms with Gasteiger partial charge in [-0.1, -0.05) is 47.5 Å². The minimum absolute atomic E-state index is 0.0873. The van der Waals surface area contributed by atoms with E-state index in [1.54, 1.807) is 40.1 Å². The molecule has 0 radical (unpaired) electrons. The summed E-state index contributed by atoms with van der Waals surface area (Å²) in [4.78, 5) is 29.1. The number of amides is 3. The molecule has 0 spiro atoms. The summed E-state index contributed by atoms with van der Waals surface area (Å²) in [6.07, 6.45) is 0.784. The number of halogens is 3. The van der Waals surface area contributed by atoms with E-state index in [9.17, 15) is 14.0 Å². The molecule has 3 aromatic carbocycles. The zero-order valence-electron chi connectivity index (χ0n) is 17.0. The lowest BCUT2D eigenvalue weighted by Crippen LogP contribution is -2.49. The predicted molar refractivity (Wildman–Crippen MR) is 125 cm³/mol. The number of nitrogens with one attached hydrogen (secondary N) is 1. The van der Waals surface area contributed by atoms with Crippen LogP contribution in [0.3, 0.4) is 0 Å². The Balaban J connectivity index is 1.53. The number of urea groups is 1. The third-order valence-corrected chi connectivity index (χ3v) is 5.77. The highest BCUT2D eigenvalue weighted by molar-refractivity contribution is 6.34. The Hall–Kier alpha value is -3.09. The van der Waals surface area contributed by atoms with Crippen LogP contribution in [0.25, 0.3) is 0 Å². The second kappa shape index (κ2) is 9.59. The molecule has 0 atom stereocenters. The van der Waals surface area contributed by atoms with Crippen molar-refractivity contribution in [3.63, 3.8) is 0 Å². The lowest BCUT2D eigenvalue weighted by molar-refractivity contribution is 0.102. The molecule has 3 aromatic rings. The van der Waals surface area contributed by atoms with Gasteiger partial charge in [0.1, 0.15) is 5.82 Å². The van der Waals surface area contributed by atoms with E-state index in [4.69, 9.17) is 23.2 Å². The first-order valence-corrected chi connectivity index (χ1v) is 10.8. The fourth-order valence-electron chi connectivity index (χ4n) is 3.64. The van der Waals surface area contributed by atoms with E-state index in [0.29, 0.717) is 41.1 Å². The number of nitrogens with zero attached hydrogens (tertiary/aromatic N) is 2. The summed E-state index contributed by atoms with van der Waals surface area (Å²) in [5.74, 6) is -1.24. The topological polar surface area (TPSA) is 52.7 Å². The fourth-order valence-corrected chi connectivity index (χ4v) is 4.01. The van der Waals surface area contributed by atoms with Crippen LogP contribution in [0.15, 0.2) is 66.7 Å². The van der Waals surface area contributed by atoms with Crippen molar-refractivity contribution in [2.45, 2.75) is 13.0 Å². The van der Waals surface area contributed by atoms with Gasteiger partial charge in [-0.15, -0.1) is 0 Å². The summed E-state index contributed by atoms with van der Waals surface area (Å²) >= 11 is 12.3. The van der Waals surface area contributed by atoms with Crippen molar-refractivity contribution in [1.82, 2.24) is 4.90 Å². The van der Waals surface area contributed by atoms with Gasteiger partial charge in [-0.25, -0.2) is 9.18 Å². The van der Waals surface area contributed by atoms with Crippen LogP contribution in [0.1, 0.15) is 22.3 Å². The quantitative estimate of drug-likeness (QED) is 0.480. The number of carbonyl (C=O) groups is 2. The van der Waals surface area contributed by atoms with Crippen LogP contribution < -0.4 is 10.2 Å². The van der Waals surface area contributed by atoms with Gasteiger partial charge in [-0.3, -0.25) is 9.69 Å². The Morgan fingerprint density at radius 2 is 1.81 bits per heavy atom. The van der Waals surface area contributed by atoms with E-state index in [1.165, 1.54) is 18.2 Å². The third kappa shape index (κ3) is 4.87. The van der Waals surface area contributed by atoms with Crippen LogP contribution in [0.4, 0.5) is 20.6 Å². The smallest absolute Gasteiger partial charge is 0.320 e. The van der Waals surface area contributed by atoms with Crippen molar-refractivity contribution in [2.24, 2.45) is 0 Å². The molecule has 1 heterocycles. The lowest BCUT2D eigenvalue weighted by atomic mass is 10.1. The molecule has 1 saturated heterocycles. The highest BCUT2D eigenvalue weighted by Gasteiger charge is 2.27. The van der Waals surface area contributed by atoms with Crippen molar-refractivity contribution in [3.05, 3.63) is 93.7 Å². The molecule has 0 aromatic heterocycles. The van der Waals surface area contributed by atoms with E-state index < -0.39 is 11.7 Å². The van der Waals surface area contributed by atoms with Crippen LogP contribution in [0.2, 0.25) is 10.0 Å². The maximum atomic E-state index is 14.0. The summed E-state index contributed by atoms with van der Waals surface area (Å²) in [5.41, 5.74) is 1.76. The zero-order chi connectivity index (χ0) is 22.7. The second-order valence-electron chi connectivity index (χ2n) is 7.44. The van der Waals surface area contributed by atoms with Crippen LogP contribution in [-0.2, 0) is 6.54 Å². The maximum Gasteiger partial charge on any atom is 0.324 e. The van der Waals surface area contributed by atoms with Crippen molar-refractivity contribution in [2.75, 3.05) is 23.3 Å². The van der Waals surface area contributed by atoms with Crippen LogP contribution in [-0.4, -0.2) is 29.9 Å². The van der Waals surface area contributed by atoms with Crippen molar-refractivity contribution < 1.29 is 14.0 Å². The molecular weight excluding hydrogens is 452 g/mol. The number of benzene rings is 3. The predicted octanol–water partition coefficient (Wildman–Crippen LogP) is 6.22. The normalized spacial score (nSPS) is 13.9. The first-order chi connectivity index (χ1) is 15.4. The van der Waals surface area contributed by atoms with Crippen molar-refractivity contribution in [3.8, 4) is 0 Å². The number of carbonyl (C=O) groups excluding carboxylic acids is 2. The molecule has 8 heteroatoms. The van der Waals surface area contributed by atoms with Gasteiger partial charge < -0.3 is 10.2 Å². The van der Waals surface area contributed by atoms with Crippen LogP contribution in [0, 0.1) is 5.82 Å². The van der Waals surface area contributed by atoms with Gasteiger partial charge in [0.15, 0.2) is 0 Å². The Morgan fingerprint density at radius 1 is 1.00 bits per heavy atom. The summed E-state index contributed by atoms with van der Waals surface area (Å²) in [7, 11) is 0. The van der Waals surface area contributed by atoms with Crippen molar-refractivity contribution >= 4 is 46.5 Å². The summed E-state index contributed by atoms with van der Waals surface area (Å²) in [5, 5.41) is 3.55. The molecule has 0 saturated carbocycles. The number of anilines is 2. The molecule has 5 nitrogen and oxygen atoms in total. The first-order valence-electron chi connectivity index (χ1n) is 10.1.